The van der Waals surface area contributed by atoms with Crippen LogP contribution in [0.5, 0.6) is 0 Å². The van der Waals surface area contributed by atoms with Gasteiger partial charge in [0.25, 0.3) is 10.0 Å². The predicted molar refractivity (Wildman–Crippen MR) is 152 cm³/mol. The molecule has 0 saturated carbocycles. The highest BCUT2D eigenvalue weighted by molar-refractivity contribution is 7.90. The molecule has 38 heavy (non-hydrogen) atoms. The van der Waals surface area contributed by atoms with E-state index in [1.165, 1.54) is 11.9 Å². The van der Waals surface area contributed by atoms with Crippen molar-refractivity contribution in [3.63, 3.8) is 0 Å². The van der Waals surface area contributed by atoms with Crippen molar-refractivity contribution in [1.82, 2.24) is 14.5 Å². The Morgan fingerprint density at radius 2 is 1.61 bits per heavy atom. The lowest BCUT2D eigenvalue weighted by atomic mass is 10.0. The largest absolute Gasteiger partial charge is 0.368 e. The minimum Gasteiger partial charge on any atom is -0.368 e. The molecular weight excluding hydrogens is 520 g/mol. The van der Waals surface area contributed by atoms with Gasteiger partial charge in [0.15, 0.2) is 11.4 Å². The van der Waals surface area contributed by atoms with Gasteiger partial charge in [0, 0.05) is 31.8 Å². The van der Waals surface area contributed by atoms with Crippen LogP contribution in [0.2, 0.25) is 5.15 Å². The van der Waals surface area contributed by atoms with Crippen LogP contribution >= 0.6 is 11.6 Å². The molecule has 0 aliphatic carbocycles. The Balaban J connectivity index is 1.68. The summed E-state index contributed by atoms with van der Waals surface area (Å²) < 4.78 is 31.3. The van der Waals surface area contributed by atoms with Crippen molar-refractivity contribution in [2.45, 2.75) is 31.2 Å². The van der Waals surface area contributed by atoms with E-state index in [-0.39, 0.29) is 10.0 Å². The highest BCUT2D eigenvalue weighted by Gasteiger charge is 2.19. The van der Waals surface area contributed by atoms with Crippen molar-refractivity contribution in [1.29, 1.82) is 0 Å². The predicted octanol–water partition coefficient (Wildman–Crippen LogP) is 6.13. The van der Waals surface area contributed by atoms with Crippen molar-refractivity contribution in [2.75, 3.05) is 14.1 Å². The van der Waals surface area contributed by atoms with Crippen LogP contribution in [0.25, 0.3) is 22.5 Å². The fourth-order valence-corrected chi connectivity index (χ4v) is 5.43. The summed E-state index contributed by atoms with van der Waals surface area (Å²) in [5.41, 5.74) is 4.56. The van der Waals surface area contributed by atoms with E-state index in [9.17, 15) is 13.2 Å². The van der Waals surface area contributed by atoms with Crippen molar-refractivity contribution < 1.29 is 13.2 Å². The van der Waals surface area contributed by atoms with E-state index in [0.29, 0.717) is 35.8 Å². The molecule has 0 aliphatic rings. The third-order valence-electron chi connectivity index (χ3n) is 6.10. The van der Waals surface area contributed by atoms with Crippen LogP contribution in [-0.2, 0) is 16.6 Å². The third-order valence-corrected chi connectivity index (χ3v) is 7.66. The van der Waals surface area contributed by atoms with Crippen LogP contribution in [-0.4, -0.2) is 49.6 Å². The zero-order valence-electron chi connectivity index (χ0n) is 21.7. The van der Waals surface area contributed by atoms with Gasteiger partial charge in [-0.25, -0.2) is 4.98 Å². The average Bonchev–Trinajstić information content (AvgIpc) is 3.22. The Kier molecular flexibility index (Phi) is 8.14. The minimum atomic E-state index is -3.88. The van der Waals surface area contributed by atoms with Crippen LogP contribution in [0.4, 0.5) is 0 Å². The maximum absolute atomic E-state index is 12.9. The summed E-state index contributed by atoms with van der Waals surface area (Å²) in [6.45, 7) is 4.63. The first-order chi connectivity index (χ1) is 18.1. The number of sulfonamides is 1. The molecule has 0 spiro atoms. The van der Waals surface area contributed by atoms with Gasteiger partial charge in [-0.3, -0.25) is 4.79 Å². The molecule has 0 N–H and O–H groups in total. The van der Waals surface area contributed by atoms with Crippen LogP contribution < -0.4 is 0 Å². The normalized spacial score (nSPS) is 11.8. The number of aldehydes is 1. The average molecular weight is 549 g/mol. The standard InChI is InChI=1S/C29H29ClN4O3S/c1-20(2)22-13-15-24(16-14-22)29-32-28(30)26(18-35)34(29)17-21-9-11-23(12-10-21)25-7-5-6-8-27(25)38(36,37)31-19-33(3)4/h5-16,18-20H,17H2,1-4H3/b31-19+. The molecule has 0 saturated heterocycles. The van der Waals surface area contributed by atoms with E-state index in [2.05, 4.69) is 35.4 Å². The summed E-state index contributed by atoms with van der Waals surface area (Å²) in [5, 5.41) is 0.150. The van der Waals surface area contributed by atoms with Crippen molar-refractivity contribution >= 4 is 34.2 Å². The van der Waals surface area contributed by atoms with E-state index < -0.39 is 10.0 Å². The monoisotopic (exact) mass is 548 g/mol. The van der Waals surface area contributed by atoms with Crippen LogP contribution in [0.3, 0.4) is 0 Å². The summed E-state index contributed by atoms with van der Waals surface area (Å²) in [7, 11) is -0.467. The summed E-state index contributed by atoms with van der Waals surface area (Å²) in [6.07, 6.45) is 1.98. The Labute approximate surface area is 228 Å². The maximum atomic E-state index is 12.9. The number of rotatable bonds is 9. The van der Waals surface area contributed by atoms with Crippen LogP contribution in [0.15, 0.2) is 82.1 Å². The topological polar surface area (TPSA) is 84.6 Å². The first kappa shape index (κ1) is 27.3. The fourth-order valence-electron chi connectivity index (χ4n) is 4.06. The second-order valence-electron chi connectivity index (χ2n) is 9.44. The number of hydrogen-bond donors (Lipinski definition) is 0. The summed E-state index contributed by atoms with van der Waals surface area (Å²) in [4.78, 5) is 18.0. The van der Waals surface area contributed by atoms with Crippen molar-refractivity contribution in [2.24, 2.45) is 4.40 Å². The van der Waals surface area contributed by atoms with Crippen molar-refractivity contribution in [3.8, 4) is 22.5 Å². The Morgan fingerprint density at radius 3 is 2.21 bits per heavy atom. The third kappa shape index (κ3) is 5.87. The molecule has 0 aliphatic heterocycles. The van der Waals surface area contributed by atoms with E-state index in [1.54, 1.807) is 47.8 Å². The quantitative estimate of drug-likeness (QED) is 0.143. The highest BCUT2D eigenvalue weighted by Crippen LogP contribution is 2.30. The summed E-state index contributed by atoms with van der Waals surface area (Å²) >= 11 is 6.32. The van der Waals surface area contributed by atoms with Gasteiger partial charge >= 0.3 is 0 Å². The molecule has 4 rings (SSSR count). The smallest absolute Gasteiger partial charge is 0.284 e. The maximum Gasteiger partial charge on any atom is 0.284 e. The van der Waals surface area contributed by atoms with E-state index in [0.717, 1.165) is 16.7 Å². The summed E-state index contributed by atoms with van der Waals surface area (Å²) in [6, 6.07) is 22.4. The molecule has 0 atom stereocenters. The number of carbonyl (C=O) groups is 1. The van der Waals surface area contributed by atoms with E-state index >= 15 is 0 Å². The van der Waals surface area contributed by atoms with Gasteiger partial charge in [-0.1, -0.05) is 92.2 Å². The molecule has 0 unspecified atom stereocenters. The van der Waals surface area contributed by atoms with Gasteiger partial charge in [0.05, 0.1) is 4.90 Å². The molecule has 9 heteroatoms. The van der Waals surface area contributed by atoms with Gasteiger partial charge < -0.3 is 9.47 Å². The van der Waals surface area contributed by atoms with Gasteiger partial charge in [-0.15, -0.1) is 4.40 Å². The Bertz CT molecular complexity index is 1570. The molecule has 196 valence electrons. The van der Waals surface area contributed by atoms with E-state index in [4.69, 9.17) is 11.6 Å². The number of imidazole rings is 1. The van der Waals surface area contributed by atoms with Gasteiger partial charge in [-0.2, -0.15) is 8.42 Å². The molecule has 0 radical (unpaired) electrons. The zero-order valence-corrected chi connectivity index (χ0v) is 23.2. The second kappa shape index (κ2) is 11.3. The van der Waals surface area contributed by atoms with Gasteiger partial charge in [0.1, 0.15) is 17.9 Å². The highest BCUT2D eigenvalue weighted by atomic mass is 35.5. The molecular formula is C29H29ClN4O3S. The van der Waals surface area contributed by atoms with Crippen LogP contribution in [0, 0.1) is 0 Å². The second-order valence-corrected chi connectivity index (χ2v) is 11.4. The molecule has 0 bridgehead atoms. The van der Waals surface area contributed by atoms with E-state index in [1.807, 2.05) is 36.4 Å². The molecule has 1 aromatic heterocycles. The molecule has 7 nitrogen and oxygen atoms in total. The Hall–Kier alpha value is -3.75. The lowest BCUT2D eigenvalue weighted by molar-refractivity contribution is 0.111. The molecule has 0 fully saturated rings. The minimum absolute atomic E-state index is 0.127. The molecule has 3 aromatic carbocycles. The first-order valence-electron chi connectivity index (χ1n) is 12.1. The summed E-state index contributed by atoms with van der Waals surface area (Å²) in [5.74, 6) is 1.00. The number of benzene rings is 3. The number of hydrogen-bond acceptors (Lipinski definition) is 4. The number of nitrogens with zero attached hydrogens (tertiary/aromatic N) is 4. The number of halogens is 1. The number of aromatic nitrogens is 2. The van der Waals surface area contributed by atoms with Crippen LogP contribution in [0.1, 0.15) is 41.4 Å². The first-order valence-corrected chi connectivity index (χ1v) is 13.9. The Morgan fingerprint density at radius 1 is 0.974 bits per heavy atom. The SMILES string of the molecule is CC(C)c1ccc(-c2nc(Cl)c(C=O)n2Cc2ccc(-c3ccccc3S(=O)(=O)/N=C/N(C)C)cc2)cc1. The van der Waals surface area contributed by atoms with Gasteiger partial charge in [-0.05, 0) is 28.7 Å². The van der Waals surface area contributed by atoms with Crippen molar-refractivity contribution in [3.05, 3.63) is 94.8 Å². The lowest BCUT2D eigenvalue weighted by Gasteiger charge is -2.13. The zero-order chi connectivity index (χ0) is 27.4. The van der Waals surface area contributed by atoms with Gasteiger partial charge in [0.2, 0.25) is 0 Å². The number of carbonyl (C=O) groups excluding carboxylic acids is 1. The molecule has 1 heterocycles. The molecule has 0 amide bonds. The fraction of sp³-hybridized carbons (Fsp3) is 0.207. The lowest BCUT2D eigenvalue weighted by Crippen LogP contribution is -2.10. The molecule has 4 aromatic rings.